The van der Waals surface area contributed by atoms with Crippen LogP contribution < -0.4 is 10.3 Å². The van der Waals surface area contributed by atoms with Crippen LogP contribution in [0.3, 0.4) is 0 Å². The topological polar surface area (TPSA) is 38.8 Å². The molecule has 3 heterocycles. The predicted octanol–water partition coefficient (Wildman–Crippen LogP) is 4.63. The number of piperidine rings is 1. The lowest BCUT2D eigenvalue weighted by molar-refractivity contribution is -0.117. The maximum Gasteiger partial charge on any atom is 0.229 e. The first-order chi connectivity index (χ1) is 16.3. The lowest BCUT2D eigenvalue weighted by Gasteiger charge is -2.34. The Balaban J connectivity index is 1.21. The van der Waals surface area contributed by atoms with Crippen LogP contribution in [0.2, 0.25) is 0 Å². The second-order valence-electron chi connectivity index (χ2n) is 9.37. The summed E-state index contributed by atoms with van der Waals surface area (Å²) in [4.78, 5) is 17.4. The van der Waals surface area contributed by atoms with Crippen LogP contribution in [0.25, 0.3) is 0 Å². The fourth-order valence-electron chi connectivity index (χ4n) is 5.17. The first kappa shape index (κ1) is 21.8. The number of aryl methyl sites for hydroxylation is 1. The maximum absolute atomic E-state index is 12.9. The molecule has 0 aromatic heterocycles. The molecule has 5 rings (SSSR count). The van der Waals surface area contributed by atoms with E-state index in [0.29, 0.717) is 13.0 Å². The van der Waals surface area contributed by atoms with Crippen LogP contribution in [0, 0.1) is 0 Å². The van der Waals surface area contributed by atoms with Crippen LogP contribution in [-0.4, -0.2) is 41.5 Å². The molecule has 3 aliphatic rings. The minimum Gasteiger partial charge on any atom is -0.310 e. The van der Waals surface area contributed by atoms with Gasteiger partial charge in [-0.1, -0.05) is 48.9 Å². The highest BCUT2D eigenvalue weighted by molar-refractivity contribution is 5.96. The van der Waals surface area contributed by atoms with Crippen molar-refractivity contribution < 1.29 is 4.79 Å². The van der Waals surface area contributed by atoms with Crippen LogP contribution in [0.5, 0.6) is 0 Å². The molecule has 0 spiro atoms. The Kier molecular flexibility index (Phi) is 6.77. The van der Waals surface area contributed by atoms with E-state index >= 15 is 0 Å². The number of nitrogens with one attached hydrogen (secondary N) is 1. The van der Waals surface area contributed by atoms with E-state index in [0.717, 1.165) is 25.1 Å². The molecule has 2 fully saturated rings. The van der Waals surface area contributed by atoms with E-state index in [1.54, 1.807) is 0 Å². The predicted molar refractivity (Wildman–Crippen MR) is 133 cm³/mol. The Morgan fingerprint density at radius 3 is 2.45 bits per heavy atom. The third-order valence-electron chi connectivity index (χ3n) is 6.99. The highest BCUT2D eigenvalue weighted by atomic mass is 16.2. The summed E-state index contributed by atoms with van der Waals surface area (Å²) < 4.78 is 0. The van der Waals surface area contributed by atoms with Gasteiger partial charge in [-0.2, -0.15) is 0 Å². The summed E-state index contributed by atoms with van der Waals surface area (Å²) in [6, 6.07) is 19.3. The number of benzene rings is 2. The van der Waals surface area contributed by atoms with E-state index in [9.17, 15) is 4.79 Å². The Morgan fingerprint density at radius 2 is 1.67 bits per heavy atom. The lowest BCUT2D eigenvalue weighted by atomic mass is 10.1. The Bertz CT molecular complexity index is 992. The Hall–Kier alpha value is -3.05. The molecule has 0 bridgehead atoms. The molecular formula is C28H34N4O. The van der Waals surface area contributed by atoms with Gasteiger partial charge >= 0.3 is 0 Å². The lowest BCUT2D eigenvalue weighted by Crippen LogP contribution is -2.45. The fraction of sp³-hybridized carbons (Fsp3) is 0.393. The van der Waals surface area contributed by atoms with Gasteiger partial charge in [0.15, 0.2) is 0 Å². The highest BCUT2D eigenvalue weighted by Gasteiger charge is 2.35. The molecule has 5 heteroatoms. The normalized spacial score (nSPS) is 21.3. The molecule has 2 aromatic rings. The average molecular weight is 443 g/mol. The van der Waals surface area contributed by atoms with Crippen LogP contribution >= 0.6 is 0 Å². The Labute approximate surface area is 197 Å². The van der Waals surface area contributed by atoms with Crippen molar-refractivity contribution in [3.8, 4) is 0 Å². The maximum atomic E-state index is 12.9. The highest BCUT2D eigenvalue weighted by Crippen LogP contribution is 2.28. The van der Waals surface area contributed by atoms with Crippen molar-refractivity contribution in [3.05, 3.63) is 89.8 Å². The monoisotopic (exact) mass is 442 g/mol. The number of hydrogen-bond acceptors (Lipinski definition) is 4. The molecule has 172 valence electrons. The van der Waals surface area contributed by atoms with Gasteiger partial charge < -0.3 is 10.3 Å². The van der Waals surface area contributed by atoms with Crippen molar-refractivity contribution >= 4 is 11.6 Å². The number of anilines is 1. The van der Waals surface area contributed by atoms with Crippen molar-refractivity contribution in [2.24, 2.45) is 0 Å². The molecule has 3 aliphatic heterocycles. The summed E-state index contributed by atoms with van der Waals surface area (Å²) in [5, 5.41) is 2.20. The number of amides is 1. The van der Waals surface area contributed by atoms with Gasteiger partial charge in [0.25, 0.3) is 0 Å². The zero-order chi connectivity index (χ0) is 22.5. The second-order valence-corrected chi connectivity index (χ2v) is 9.37. The van der Waals surface area contributed by atoms with Crippen LogP contribution in [0.4, 0.5) is 5.69 Å². The van der Waals surface area contributed by atoms with E-state index < -0.39 is 0 Å². The smallest absolute Gasteiger partial charge is 0.229 e. The standard InChI is InChI=1S/C28H34N4O/c33-28-20-27(32-26(10-7-17-29-32)16-11-23-8-3-1-4-9-23)22-31(28)25-14-12-24(13-15-25)21-30-18-5-2-6-19-30/h1,3-4,7-10,12-15,17,27,29H,2,5-6,11,16,18-22H2. The van der Waals surface area contributed by atoms with Gasteiger partial charge in [0, 0.05) is 30.7 Å². The van der Waals surface area contributed by atoms with Crippen LogP contribution in [0.1, 0.15) is 43.2 Å². The Morgan fingerprint density at radius 1 is 0.879 bits per heavy atom. The number of hydrogen-bond donors (Lipinski definition) is 1. The molecule has 2 saturated heterocycles. The number of hydrazine groups is 1. The van der Waals surface area contributed by atoms with Crippen molar-refractivity contribution in [2.45, 2.75) is 51.1 Å². The number of rotatable bonds is 7. The van der Waals surface area contributed by atoms with Crippen molar-refractivity contribution in [1.29, 1.82) is 0 Å². The van der Waals surface area contributed by atoms with Gasteiger partial charge in [0.05, 0.1) is 12.5 Å². The third-order valence-corrected chi connectivity index (χ3v) is 6.99. The molecule has 1 atom stereocenters. The first-order valence-corrected chi connectivity index (χ1v) is 12.3. The average Bonchev–Trinajstić information content (AvgIpc) is 3.26. The molecular weight excluding hydrogens is 408 g/mol. The summed E-state index contributed by atoms with van der Waals surface area (Å²) in [7, 11) is 0. The summed E-state index contributed by atoms with van der Waals surface area (Å²) in [5.41, 5.74) is 8.30. The van der Waals surface area contributed by atoms with E-state index in [1.807, 2.05) is 17.2 Å². The number of nitrogens with zero attached hydrogens (tertiary/aromatic N) is 3. The number of carbonyl (C=O) groups excluding carboxylic acids is 1. The molecule has 0 radical (unpaired) electrons. The van der Waals surface area contributed by atoms with Gasteiger partial charge in [0.2, 0.25) is 5.91 Å². The molecule has 1 unspecified atom stereocenters. The van der Waals surface area contributed by atoms with Gasteiger partial charge in [-0.05, 0) is 74.2 Å². The zero-order valence-electron chi connectivity index (χ0n) is 19.3. The van der Waals surface area contributed by atoms with Gasteiger partial charge in [-0.25, -0.2) is 0 Å². The van der Waals surface area contributed by atoms with Crippen molar-refractivity contribution in [3.63, 3.8) is 0 Å². The summed E-state index contributed by atoms with van der Waals surface area (Å²) in [6.45, 7) is 4.11. The molecule has 5 nitrogen and oxygen atoms in total. The largest absolute Gasteiger partial charge is 0.310 e. The van der Waals surface area contributed by atoms with Crippen molar-refractivity contribution in [1.82, 2.24) is 15.3 Å². The molecule has 1 N–H and O–H groups in total. The molecule has 1 amide bonds. The SMILES string of the molecule is O=C1CC(N2NC=CC=C2CCc2ccccc2)CN1c1ccc(CN2CCCCC2)cc1. The van der Waals surface area contributed by atoms with E-state index in [1.165, 1.54) is 49.2 Å². The van der Waals surface area contributed by atoms with E-state index in [4.69, 9.17) is 0 Å². The first-order valence-electron chi connectivity index (χ1n) is 12.3. The van der Waals surface area contributed by atoms with Gasteiger partial charge in [0.1, 0.15) is 0 Å². The quantitative estimate of drug-likeness (QED) is 0.679. The second kappa shape index (κ2) is 10.3. The zero-order valence-corrected chi connectivity index (χ0v) is 19.3. The minimum absolute atomic E-state index is 0.123. The van der Waals surface area contributed by atoms with E-state index in [2.05, 4.69) is 76.0 Å². The van der Waals surface area contributed by atoms with Crippen LogP contribution in [-0.2, 0) is 17.8 Å². The number of likely N-dealkylation sites (tertiary alicyclic amines) is 1. The molecule has 0 aliphatic carbocycles. The molecule has 0 saturated carbocycles. The van der Waals surface area contributed by atoms with Crippen LogP contribution in [0.15, 0.2) is 78.6 Å². The number of allylic oxidation sites excluding steroid dienone is 3. The summed E-state index contributed by atoms with van der Waals surface area (Å²) >= 11 is 0. The molecule has 2 aromatic carbocycles. The minimum atomic E-state index is 0.123. The summed E-state index contributed by atoms with van der Waals surface area (Å²) in [6.07, 6.45) is 12.6. The van der Waals surface area contributed by atoms with Gasteiger partial charge in [-0.3, -0.25) is 14.7 Å². The van der Waals surface area contributed by atoms with Gasteiger partial charge in [-0.15, -0.1) is 0 Å². The van der Waals surface area contributed by atoms with Crippen molar-refractivity contribution in [2.75, 3.05) is 24.5 Å². The third kappa shape index (κ3) is 5.31. The molecule has 33 heavy (non-hydrogen) atoms. The fourth-order valence-corrected chi connectivity index (χ4v) is 5.17. The summed E-state index contributed by atoms with van der Waals surface area (Å²) in [5.74, 6) is 0.197. The number of carbonyl (C=O) groups is 1. The van der Waals surface area contributed by atoms with E-state index in [-0.39, 0.29) is 11.9 Å².